The van der Waals surface area contributed by atoms with E-state index in [1.165, 1.54) is 17.0 Å². The molecule has 0 aliphatic rings. The van der Waals surface area contributed by atoms with Crippen molar-refractivity contribution in [2.75, 3.05) is 14.1 Å². The third kappa shape index (κ3) is 3.29. The van der Waals surface area contributed by atoms with Gasteiger partial charge in [0.2, 0.25) is 5.91 Å². The van der Waals surface area contributed by atoms with E-state index in [9.17, 15) is 9.18 Å². The van der Waals surface area contributed by atoms with Gasteiger partial charge in [-0.25, -0.2) is 4.39 Å². The summed E-state index contributed by atoms with van der Waals surface area (Å²) in [5, 5.41) is 1.95. The molecule has 4 heteroatoms. The second-order valence-corrected chi connectivity index (χ2v) is 5.22. The van der Waals surface area contributed by atoms with E-state index in [2.05, 4.69) is 0 Å². The van der Waals surface area contributed by atoms with Crippen LogP contribution in [0.4, 0.5) is 4.39 Å². The smallest absolute Gasteiger partial charge is 0.246 e. The van der Waals surface area contributed by atoms with Crippen molar-refractivity contribution < 1.29 is 9.18 Å². The van der Waals surface area contributed by atoms with Crippen LogP contribution in [0, 0.1) is 5.82 Å². The molecule has 0 atom stereocenters. The molecule has 0 fully saturated rings. The third-order valence-electron chi connectivity index (χ3n) is 2.65. The van der Waals surface area contributed by atoms with Gasteiger partial charge in [0, 0.05) is 30.6 Å². The lowest BCUT2D eigenvalue weighted by Crippen LogP contribution is -2.19. The molecule has 98 valence electrons. The number of thiophene rings is 1. The predicted octanol–water partition coefficient (Wildman–Crippen LogP) is 3.41. The average molecular weight is 275 g/mol. The molecule has 1 amide bonds. The lowest BCUT2D eigenvalue weighted by molar-refractivity contribution is -0.123. The van der Waals surface area contributed by atoms with Gasteiger partial charge in [0.05, 0.1) is 0 Å². The zero-order valence-electron chi connectivity index (χ0n) is 10.8. The topological polar surface area (TPSA) is 20.3 Å². The van der Waals surface area contributed by atoms with E-state index in [1.54, 1.807) is 43.6 Å². The average Bonchev–Trinajstić information content (AvgIpc) is 2.90. The number of amides is 1. The Labute approximate surface area is 115 Å². The Bertz CT molecular complexity index is 585. The molecule has 2 aromatic rings. The van der Waals surface area contributed by atoms with Crippen molar-refractivity contribution in [1.29, 1.82) is 0 Å². The summed E-state index contributed by atoms with van der Waals surface area (Å²) >= 11 is 1.55. The van der Waals surface area contributed by atoms with Gasteiger partial charge in [0.1, 0.15) is 5.82 Å². The van der Waals surface area contributed by atoms with E-state index < -0.39 is 0 Å². The summed E-state index contributed by atoms with van der Waals surface area (Å²) in [6, 6.07) is 10.0. The number of hydrogen-bond donors (Lipinski definition) is 0. The number of carbonyl (C=O) groups excluding carboxylic acids is 1. The maximum Gasteiger partial charge on any atom is 0.246 e. The molecule has 2 nitrogen and oxygen atoms in total. The molecular weight excluding hydrogens is 261 g/mol. The van der Waals surface area contributed by atoms with Gasteiger partial charge in [-0.2, -0.15) is 0 Å². The van der Waals surface area contributed by atoms with Crippen LogP contribution in [-0.4, -0.2) is 24.9 Å². The predicted molar refractivity (Wildman–Crippen MR) is 76.5 cm³/mol. The molecule has 1 aromatic heterocycles. The summed E-state index contributed by atoms with van der Waals surface area (Å²) < 4.78 is 13.0. The van der Waals surface area contributed by atoms with Crippen LogP contribution in [0.5, 0.6) is 0 Å². The molecule has 0 N–H and O–H groups in total. The Balaban J connectivity index is 2.46. The van der Waals surface area contributed by atoms with Crippen LogP contribution in [0.25, 0.3) is 5.57 Å². The molecule has 0 saturated heterocycles. The zero-order chi connectivity index (χ0) is 13.8. The second kappa shape index (κ2) is 5.80. The molecule has 1 heterocycles. The van der Waals surface area contributed by atoms with Crippen LogP contribution in [0.1, 0.15) is 10.4 Å². The normalized spacial score (nSPS) is 11.4. The van der Waals surface area contributed by atoms with Gasteiger partial charge in [0.25, 0.3) is 0 Å². The summed E-state index contributed by atoms with van der Waals surface area (Å²) in [4.78, 5) is 14.4. The third-order valence-corrected chi connectivity index (χ3v) is 3.55. The maximum atomic E-state index is 13.0. The minimum absolute atomic E-state index is 0.0901. The highest BCUT2D eigenvalue weighted by atomic mass is 32.1. The zero-order valence-corrected chi connectivity index (χ0v) is 11.6. The lowest BCUT2D eigenvalue weighted by atomic mass is 10.0. The van der Waals surface area contributed by atoms with Crippen LogP contribution >= 0.6 is 11.3 Å². The highest BCUT2D eigenvalue weighted by Gasteiger charge is 2.10. The van der Waals surface area contributed by atoms with Crippen LogP contribution in [0.15, 0.2) is 47.9 Å². The number of carbonyl (C=O) groups is 1. The fraction of sp³-hybridized carbons (Fsp3) is 0.133. The summed E-state index contributed by atoms with van der Waals surface area (Å²) in [7, 11) is 3.41. The molecular formula is C15H14FNOS. The van der Waals surface area contributed by atoms with Crippen molar-refractivity contribution >= 4 is 22.8 Å². The quantitative estimate of drug-likeness (QED) is 0.786. The van der Waals surface area contributed by atoms with Crippen molar-refractivity contribution in [1.82, 2.24) is 4.90 Å². The molecule has 0 spiro atoms. The Kier molecular flexibility index (Phi) is 4.12. The fourth-order valence-corrected chi connectivity index (χ4v) is 2.38. The van der Waals surface area contributed by atoms with Crippen molar-refractivity contribution in [3.63, 3.8) is 0 Å². The number of hydrogen-bond acceptors (Lipinski definition) is 2. The standard InChI is InChI=1S/C15H14FNOS/c1-17(2)15(18)10-13(14-4-3-9-19-14)11-5-7-12(16)8-6-11/h3-10H,1-2H3. The van der Waals surface area contributed by atoms with Crippen LogP contribution in [0.2, 0.25) is 0 Å². The highest BCUT2D eigenvalue weighted by Crippen LogP contribution is 2.27. The molecule has 2 rings (SSSR count). The van der Waals surface area contributed by atoms with E-state index in [4.69, 9.17) is 0 Å². The van der Waals surface area contributed by atoms with E-state index in [-0.39, 0.29) is 11.7 Å². The van der Waals surface area contributed by atoms with Crippen LogP contribution < -0.4 is 0 Å². The SMILES string of the molecule is CN(C)C(=O)C=C(c1ccc(F)cc1)c1cccs1. The van der Waals surface area contributed by atoms with E-state index in [0.717, 1.165) is 16.0 Å². The lowest BCUT2D eigenvalue weighted by Gasteiger charge is -2.10. The van der Waals surface area contributed by atoms with Gasteiger partial charge in [-0.1, -0.05) is 18.2 Å². The molecule has 0 radical (unpaired) electrons. The summed E-state index contributed by atoms with van der Waals surface area (Å²) in [6.07, 6.45) is 1.58. The number of rotatable bonds is 3. The van der Waals surface area contributed by atoms with Crippen molar-refractivity contribution in [2.24, 2.45) is 0 Å². The molecule has 0 saturated carbocycles. The highest BCUT2D eigenvalue weighted by molar-refractivity contribution is 7.11. The fourth-order valence-electron chi connectivity index (χ4n) is 1.61. The van der Waals surface area contributed by atoms with Crippen molar-refractivity contribution in [3.05, 3.63) is 64.1 Å². The van der Waals surface area contributed by atoms with Gasteiger partial charge in [0.15, 0.2) is 0 Å². The molecule has 0 aliphatic heterocycles. The number of nitrogens with zero attached hydrogens (tertiary/aromatic N) is 1. The Morgan fingerprint density at radius 2 is 1.89 bits per heavy atom. The summed E-state index contributed by atoms with van der Waals surface area (Å²) in [5.74, 6) is -0.374. The summed E-state index contributed by atoms with van der Waals surface area (Å²) in [5.41, 5.74) is 1.65. The monoisotopic (exact) mass is 275 g/mol. The minimum atomic E-state index is -0.284. The Morgan fingerprint density at radius 1 is 1.21 bits per heavy atom. The first kappa shape index (κ1) is 13.5. The first-order valence-corrected chi connectivity index (χ1v) is 6.68. The number of halogens is 1. The molecule has 0 aliphatic carbocycles. The maximum absolute atomic E-state index is 13.0. The van der Waals surface area contributed by atoms with E-state index in [1.807, 2.05) is 17.5 Å². The summed E-state index contributed by atoms with van der Waals surface area (Å²) in [6.45, 7) is 0. The van der Waals surface area contributed by atoms with E-state index in [0.29, 0.717) is 0 Å². The number of benzene rings is 1. The molecule has 0 unspecified atom stereocenters. The minimum Gasteiger partial charge on any atom is -0.345 e. The van der Waals surface area contributed by atoms with Crippen molar-refractivity contribution in [3.8, 4) is 0 Å². The Morgan fingerprint density at radius 3 is 2.42 bits per heavy atom. The Hall–Kier alpha value is -1.94. The van der Waals surface area contributed by atoms with E-state index >= 15 is 0 Å². The van der Waals surface area contributed by atoms with Crippen molar-refractivity contribution in [2.45, 2.75) is 0 Å². The van der Waals surface area contributed by atoms with Crippen LogP contribution in [0.3, 0.4) is 0 Å². The number of likely N-dealkylation sites (N-methyl/N-ethyl adjacent to an activating group) is 1. The molecule has 19 heavy (non-hydrogen) atoms. The van der Waals surface area contributed by atoms with Gasteiger partial charge >= 0.3 is 0 Å². The van der Waals surface area contributed by atoms with Gasteiger partial charge < -0.3 is 4.90 Å². The first-order valence-electron chi connectivity index (χ1n) is 5.81. The van der Waals surface area contributed by atoms with Crippen LogP contribution in [-0.2, 0) is 4.79 Å². The van der Waals surface area contributed by atoms with Gasteiger partial charge in [-0.15, -0.1) is 11.3 Å². The molecule has 0 bridgehead atoms. The first-order chi connectivity index (χ1) is 9.08. The van der Waals surface area contributed by atoms with Gasteiger partial charge in [-0.05, 0) is 29.1 Å². The molecule has 1 aromatic carbocycles. The second-order valence-electron chi connectivity index (χ2n) is 4.27. The van der Waals surface area contributed by atoms with Gasteiger partial charge in [-0.3, -0.25) is 4.79 Å². The largest absolute Gasteiger partial charge is 0.345 e.